The first-order valence-corrected chi connectivity index (χ1v) is 9.04. The van der Waals surface area contributed by atoms with Crippen LogP contribution >= 0.6 is 15.9 Å². The SMILES string of the molecule is Cc1cc(Br)c2c(c1)CN(C(=O)c1cn3c(n1)CCCC3)CC2. The van der Waals surface area contributed by atoms with Gasteiger partial charge in [0.25, 0.3) is 5.91 Å². The van der Waals surface area contributed by atoms with Gasteiger partial charge in [-0.1, -0.05) is 22.0 Å². The van der Waals surface area contributed by atoms with E-state index in [0.717, 1.165) is 36.2 Å². The monoisotopic (exact) mass is 373 g/mol. The molecule has 0 aliphatic carbocycles. The Kier molecular flexibility index (Phi) is 3.76. The molecule has 2 aliphatic rings. The maximum Gasteiger partial charge on any atom is 0.274 e. The van der Waals surface area contributed by atoms with Crippen LogP contribution in [-0.2, 0) is 25.9 Å². The molecule has 3 heterocycles. The molecule has 4 rings (SSSR count). The number of aromatic nitrogens is 2. The van der Waals surface area contributed by atoms with Gasteiger partial charge in [-0.15, -0.1) is 0 Å². The van der Waals surface area contributed by atoms with Crippen LogP contribution in [0.4, 0.5) is 0 Å². The van der Waals surface area contributed by atoms with Crippen molar-refractivity contribution in [1.29, 1.82) is 0 Å². The molecule has 0 N–H and O–H groups in total. The second kappa shape index (κ2) is 5.78. The smallest absolute Gasteiger partial charge is 0.274 e. The van der Waals surface area contributed by atoms with E-state index in [0.29, 0.717) is 12.2 Å². The number of aryl methyl sites for hydroxylation is 3. The number of hydrogen-bond donors (Lipinski definition) is 0. The van der Waals surface area contributed by atoms with Gasteiger partial charge in [0.15, 0.2) is 0 Å². The summed E-state index contributed by atoms with van der Waals surface area (Å²) in [5.74, 6) is 1.13. The van der Waals surface area contributed by atoms with Gasteiger partial charge in [0.2, 0.25) is 0 Å². The number of carbonyl (C=O) groups excluding carboxylic acids is 1. The van der Waals surface area contributed by atoms with Crippen molar-refractivity contribution in [2.75, 3.05) is 6.54 Å². The van der Waals surface area contributed by atoms with Crippen molar-refractivity contribution in [2.45, 2.75) is 45.7 Å². The van der Waals surface area contributed by atoms with Crippen molar-refractivity contribution in [3.8, 4) is 0 Å². The number of benzene rings is 1. The molecule has 4 nitrogen and oxygen atoms in total. The van der Waals surface area contributed by atoms with Gasteiger partial charge in [-0.2, -0.15) is 0 Å². The highest BCUT2D eigenvalue weighted by Gasteiger charge is 2.26. The molecule has 1 aromatic carbocycles. The predicted octanol–water partition coefficient (Wildman–Crippen LogP) is 3.49. The van der Waals surface area contributed by atoms with Gasteiger partial charge in [0.05, 0.1) is 0 Å². The van der Waals surface area contributed by atoms with Crippen LogP contribution in [0.1, 0.15) is 45.8 Å². The van der Waals surface area contributed by atoms with Crippen LogP contribution in [0.2, 0.25) is 0 Å². The molecule has 0 unspecified atom stereocenters. The molecule has 0 atom stereocenters. The Hall–Kier alpha value is -1.62. The number of carbonyl (C=O) groups is 1. The predicted molar refractivity (Wildman–Crippen MR) is 92.5 cm³/mol. The summed E-state index contributed by atoms with van der Waals surface area (Å²) in [4.78, 5) is 19.3. The van der Waals surface area contributed by atoms with Crippen molar-refractivity contribution in [3.05, 3.63) is 51.0 Å². The molecule has 5 heteroatoms. The van der Waals surface area contributed by atoms with E-state index in [9.17, 15) is 4.79 Å². The lowest BCUT2D eigenvalue weighted by Crippen LogP contribution is -2.36. The van der Waals surface area contributed by atoms with Crippen molar-refractivity contribution < 1.29 is 4.79 Å². The largest absolute Gasteiger partial charge is 0.334 e. The average molecular weight is 374 g/mol. The lowest BCUT2D eigenvalue weighted by atomic mass is 9.97. The maximum absolute atomic E-state index is 12.8. The van der Waals surface area contributed by atoms with Crippen LogP contribution in [0, 0.1) is 6.92 Å². The summed E-state index contributed by atoms with van der Waals surface area (Å²) in [6.45, 7) is 4.52. The number of halogens is 1. The first-order valence-electron chi connectivity index (χ1n) is 8.25. The first-order chi connectivity index (χ1) is 11.1. The van der Waals surface area contributed by atoms with Crippen LogP contribution in [-0.4, -0.2) is 26.9 Å². The summed E-state index contributed by atoms with van der Waals surface area (Å²) in [5, 5.41) is 0. The fourth-order valence-electron chi connectivity index (χ4n) is 3.65. The van der Waals surface area contributed by atoms with Crippen molar-refractivity contribution in [3.63, 3.8) is 0 Å². The Balaban J connectivity index is 1.59. The number of nitrogens with zero attached hydrogens (tertiary/aromatic N) is 3. The van der Waals surface area contributed by atoms with Gasteiger partial charge in [-0.3, -0.25) is 4.79 Å². The number of amides is 1. The van der Waals surface area contributed by atoms with Crippen molar-refractivity contribution in [2.24, 2.45) is 0 Å². The average Bonchev–Trinajstić information content (AvgIpc) is 2.97. The summed E-state index contributed by atoms with van der Waals surface area (Å²) < 4.78 is 3.31. The van der Waals surface area contributed by atoms with E-state index in [4.69, 9.17) is 0 Å². The fourth-order valence-corrected chi connectivity index (χ4v) is 4.46. The third kappa shape index (κ3) is 2.71. The van der Waals surface area contributed by atoms with Crippen LogP contribution in [0.5, 0.6) is 0 Å². The quantitative estimate of drug-likeness (QED) is 0.767. The molecule has 1 aromatic heterocycles. The molecule has 0 saturated carbocycles. The normalized spacial score (nSPS) is 16.9. The van der Waals surface area contributed by atoms with E-state index in [1.807, 2.05) is 11.1 Å². The molecule has 23 heavy (non-hydrogen) atoms. The van der Waals surface area contributed by atoms with Crippen LogP contribution in [0.25, 0.3) is 0 Å². The number of rotatable bonds is 1. The lowest BCUT2D eigenvalue weighted by molar-refractivity contribution is 0.0729. The Morgan fingerprint density at radius 3 is 2.91 bits per heavy atom. The third-order valence-electron chi connectivity index (χ3n) is 4.84. The van der Waals surface area contributed by atoms with Crippen molar-refractivity contribution >= 4 is 21.8 Å². The fraction of sp³-hybridized carbons (Fsp3) is 0.444. The Morgan fingerprint density at radius 2 is 2.09 bits per heavy atom. The second-order valence-electron chi connectivity index (χ2n) is 6.55. The first kappa shape index (κ1) is 14.9. The highest BCUT2D eigenvalue weighted by molar-refractivity contribution is 9.10. The molecule has 0 radical (unpaired) electrons. The van der Waals surface area contributed by atoms with Gasteiger partial charge < -0.3 is 9.47 Å². The zero-order valence-electron chi connectivity index (χ0n) is 13.3. The van der Waals surface area contributed by atoms with Crippen molar-refractivity contribution in [1.82, 2.24) is 14.5 Å². The Labute approximate surface area is 144 Å². The van der Waals surface area contributed by atoms with E-state index < -0.39 is 0 Å². The molecule has 120 valence electrons. The van der Waals surface area contributed by atoms with Gasteiger partial charge in [0, 0.05) is 36.7 Å². The zero-order valence-corrected chi connectivity index (χ0v) is 14.9. The summed E-state index contributed by atoms with van der Waals surface area (Å²) in [7, 11) is 0. The van der Waals surface area contributed by atoms with Gasteiger partial charge in [-0.25, -0.2) is 4.98 Å². The van der Waals surface area contributed by atoms with Gasteiger partial charge in [-0.05, 0) is 48.9 Å². The molecule has 0 fully saturated rings. The van der Waals surface area contributed by atoms with E-state index in [-0.39, 0.29) is 5.91 Å². The summed E-state index contributed by atoms with van der Waals surface area (Å²) in [6.07, 6.45) is 6.19. The van der Waals surface area contributed by atoms with Crippen LogP contribution < -0.4 is 0 Å². The van der Waals surface area contributed by atoms with E-state index >= 15 is 0 Å². The molecular weight excluding hydrogens is 354 g/mol. The second-order valence-corrected chi connectivity index (χ2v) is 7.41. The number of imidazole rings is 1. The third-order valence-corrected chi connectivity index (χ3v) is 5.55. The lowest BCUT2D eigenvalue weighted by Gasteiger charge is -2.29. The van der Waals surface area contributed by atoms with Gasteiger partial charge in [0.1, 0.15) is 11.5 Å². The van der Waals surface area contributed by atoms with E-state index in [1.165, 1.54) is 29.5 Å². The molecule has 2 aliphatic heterocycles. The highest BCUT2D eigenvalue weighted by atomic mass is 79.9. The number of fused-ring (bicyclic) bond motifs is 2. The molecule has 0 saturated heterocycles. The number of hydrogen-bond acceptors (Lipinski definition) is 2. The molecule has 0 spiro atoms. The zero-order chi connectivity index (χ0) is 16.0. The summed E-state index contributed by atoms with van der Waals surface area (Å²) in [5.41, 5.74) is 4.42. The van der Waals surface area contributed by atoms with Crippen LogP contribution in [0.15, 0.2) is 22.8 Å². The van der Waals surface area contributed by atoms with E-state index in [1.54, 1.807) is 0 Å². The standard InChI is InChI=1S/C18H20BrN3O/c1-12-8-13-10-22(7-5-14(13)15(19)9-12)18(23)16-11-21-6-3-2-4-17(21)20-16/h8-9,11H,2-7,10H2,1H3. The molecule has 0 bridgehead atoms. The topological polar surface area (TPSA) is 38.1 Å². The summed E-state index contributed by atoms with van der Waals surface area (Å²) >= 11 is 3.65. The molecule has 2 aromatic rings. The minimum absolute atomic E-state index is 0.0650. The molecular formula is C18H20BrN3O. The van der Waals surface area contributed by atoms with Crippen LogP contribution in [0.3, 0.4) is 0 Å². The van der Waals surface area contributed by atoms with Gasteiger partial charge >= 0.3 is 0 Å². The van der Waals surface area contributed by atoms with E-state index in [2.05, 4.69) is 44.5 Å². The Bertz CT molecular complexity index is 757. The maximum atomic E-state index is 12.8. The minimum Gasteiger partial charge on any atom is -0.334 e. The Morgan fingerprint density at radius 1 is 1.22 bits per heavy atom. The molecule has 1 amide bonds. The highest BCUT2D eigenvalue weighted by Crippen LogP contribution is 2.29. The minimum atomic E-state index is 0.0650. The summed E-state index contributed by atoms with van der Waals surface area (Å²) in [6, 6.07) is 4.34.